The second-order valence-electron chi connectivity index (χ2n) is 3.51. The summed E-state index contributed by atoms with van der Waals surface area (Å²) >= 11 is 5.24. The van der Waals surface area contributed by atoms with Gasteiger partial charge in [-0.25, -0.2) is 0 Å². The zero-order chi connectivity index (χ0) is 11.4. The molecule has 1 aromatic heterocycles. The van der Waals surface area contributed by atoms with Crippen LogP contribution in [0.3, 0.4) is 0 Å². The summed E-state index contributed by atoms with van der Waals surface area (Å²) in [6.07, 6.45) is 0. The molecule has 2 rings (SSSR count). The van der Waals surface area contributed by atoms with Crippen LogP contribution in [0.5, 0.6) is 0 Å². The van der Waals surface area contributed by atoms with Gasteiger partial charge >= 0.3 is 0 Å². The Hall–Kier alpha value is -0.800. The van der Waals surface area contributed by atoms with Gasteiger partial charge in [0, 0.05) is 20.8 Å². The smallest absolute Gasteiger partial charge is 0.0509 e. The zero-order valence-electron chi connectivity index (χ0n) is 8.98. The van der Waals surface area contributed by atoms with Crippen LogP contribution in [-0.4, -0.2) is 4.98 Å². The summed E-state index contributed by atoms with van der Waals surface area (Å²) in [6, 6.07) is 14.5. The quantitative estimate of drug-likeness (QED) is 0.776. The molecule has 82 valence electrons. The topological polar surface area (TPSA) is 12.9 Å². The lowest BCUT2D eigenvalue weighted by atomic mass is 10.3. The van der Waals surface area contributed by atoms with Crippen molar-refractivity contribution >= 4 is 27.7 Å². The van der Waals surface area contributed by atoms with Gasteiger partial charge in [-0.05, 0) is 43.3 Å². The first kappa shape index (κ1) is 11.7. The third-order valence-corrected chi connectivity index (χ3v) is 3.72. The average Bonchev–Trinajstić information content (AvgIpc) is 2.28. The van der Waals surface area contributed by atoms with E-state index in [1.807, 2.05) is 24.8 Å². The highest BCUT2D eigenvalue weighted by molar-refractivity contribution is 9.10. The highest BCUT2D eigenvalue weighted by Crippen LogP contribution is 2.23. The summed E-state index contributed by atoms with van der Waals surface area (Å²) in [7, 11) is 0. The first-order valence-corrected chi connectivity index (χ1v) is 6.83. The van der Waals surface area contributed by atoms with Crippen LogP contribution in [0.25, 0.3) is 0 Å². The molecular formula is C13H12BrNS. The zero-order valence-corrected chi connectivity index (χ0v) is 11.4. The Morgan fingerprint density at radius 3 is 2.56 bits per heavy atom. The average molecular weight is 294 g/mol. The molecule has 0 aliphatic rings. The van der Waals surface area contributed by atoms with Gasteiger partial charge in [0.1, 0.15) is 0 Å². The predicted molar refractivity (Wildman–Crippen MR) is 72.7 cm³/mol. The van der Waals surface area contributed by atoms with E-state index in [1.165, 1.54) is 4.90 Å². The molecule has 3 heteroatoms. The number of rotatable bonds is 3. The Kier molecular flexibility index (Phi) is 4.02. The molecule has 16 heavy (non-hydrogen) atoms. The fraction of sp³-hybridized carbons (Fsp3) is 0.154. The number of hydrogen-bond acceptors (Lipinski definition) is 2. The molecule has 0 spiro atoms. The van der Waals surface area contributed by atoms with Crippen molar-refractivity contribution in [3.05, 3.63) is 58.3 Å². The number of halogens is 1. The number of thioether (sulfide) groups is 1. The molecule has 0 aliphatic heterocycles. The van der Waals surface area contributed by atoms with E-state index >= 15 is 0 Å². The third-order valence-electron chi connectivity index (χ3n) is 2.15. The Balaban J connectivity index is 1.99. The Morgan fingerprint density at radius 2 is 1.88 bits per heavy atom. The lowest BCUT2D eigenvalue weighted by Crippen LogP contribution is -1.88. The molecule has 0 fully saturated rings. The van der Waals surface area contributed by atoms with Crippen molar-refractivity contribution in [3.8, 4) is 0 Å². The van der Waals surface area contributed by atoms with Crippen molar-refractivity contribution < 1.29 is 0 Å². The van der Waals surface area contributed by atoms with Crippen molar-refractivity contribution in [2.75, 3.05) is 0 Å². The van der Waals surface area contributed by atoms with E-state index in [1.54, 1.807) is 0 Å². The maximum atomic E-state index is 4.48. The number of aromatic nitrogens is 1. The molecule has 2 aromatic rings. The largest absolute Gasteiger partial charge is 0.257 e. The molecule has 0 bridgehead atoms. The highest BCUT2D eigenvalue weighted by atomic mass is 79.9. The number of aryl methyl sites for hydroxylation is 1. The van der Waals surface area contributed by atoms with Crippen LogP contribution in [0.2, 0.25) is 0 Å². The van der Waals surface area contributed by atoms with Crippen LogP contribution in [0, 0.1) is 6.92 Å². The van der Waals surface area contributed by atoms with Crippen molar-refractivity contribution in [1.29, 1.82) is 0 Å². The van der Waals surface area contributed by atoms with Gasteiger partial charge in [0.15, 0.2) is 0 Å². The monoisotopic (exact) mass is 293 g/mol. The summed E-state index contributed by atoms with van der Waals surface area (Å²) in [4.78, 5) is 5.75. The minimum atomic E-state index is 0.920. The number of nitrogens with zero attached hydrogens (tertiary/aromatic N) is 1. The van der Waals surface area contributed by atoms with E-state index in [0.717, 1.165) is 21.6 Å². The maximum Gasteiger partial charge on any atom is 0.0509 e. The second kappa shape index (κ2) is 5.51. The molecule has 0 N–H and O–H groups in total. The van der Waals surface area contributed by atoms with Gasteiger partial charge < -0.3 is 0 Å². The lowest BCUT2D eigenvalue weighted by molar-refractivity contribution is 1.11. The van der Waals surface area contributed by atoms with Gasteiger partial charge in [-0.15, -0.1) is 11.8 Å². The van der Waals surface area contributed by atoms with Crippen LogP contribution in [0.4, 0.5) is 0 Å². The van der Waals surface area contributed by atoms with Crippen LogP contribution in [-0.2, 0) is 5.75 Å². The first-order chi connectivity index (χ1) is 7.74. The van der Waals surface area contributed by atoms with E-state index in [2.05, 4.69) is 57.3 Å². The molecule has 0 amide bonds. The van der Waals surface area contributed by atoms with Gasteiger partial charge in [-0.3, -0.25) is 4.98 Å². The maximum absolute atomic E-state index is 4.48. The molecule has 0 radical (unpaired) electrons. The minimum Gasteiger partial charge on any atom is -0.257 e. The SMILES string of the molecule is Cc1cccc(CSc2ccc(Br)cc2)n1. The minimum absolute atomic E-state index is 0.920. The Labute approximate surface area is 108 Å². The second-order valence-corrected chi connectivity index (χ2v) is 5.48. The summed E-state index contributed by atoms with van der Waals surface area (Å²) in [6.45, 7) is 2.02. The summed E-state index contributed by atoms with van der Waals surface area (Å²) in [5.41, 5.74) is 2.21. The third kappa shape index (κ3) is 3.35. The molecule has 0 saturated carbocycles. The fourth-order valence-electron chi connectivity index (χ4n) is 1.37. The normalized spacial score (nSPS) is 10.4. The predicted octanol–water partition coefficient (Wildman–Crippen LogP) is 4.44. The fourth-order valence-corrected chi connectivity index (χ4v) is 2.44. The van der Waals surface area contributed by atoms with Crippen LogP contribution >= 0.6 is 27.7 Å². The van der Waals surface area contributed by atoms with E-state index in [9.17, 15) is 0 Å². The van der Waals surface area contributed by atoms with E-state index in [4.69, 9.17) is 0 Å². The van der Waals surface area contributed by atoms with Crippen molar-refractivity contribution in [2.45, 2.75) is 17.6 Å². The van der Waals surface area contributed by atoms with Gasteiger partial charge in [0.05, 0.1) is 5.69 Å². The van der Waals surface area contributed by atoms with Crippen molar-refractivity contribution in [2.24, 2.45) is 0 Å². The number of hydrogen-bond donors (Lipinski definition) is 0. The summed E-state index contributed by atoms with van der Waals surface area (Å²) in [5.74, 6) is 0.920. The Bertz CT molecular complexity index is 468. The standard InChI is InChI=1S/C13H12BrNS/c1-10-3-2-4-12(15-10)9-16-13-7-5-11(14)6-8-13/h2-8H,9H2,1H3. The van der Waals surface area contributed by atoms with E-state index in [0.29, 0.717) is 0 Å². The van der Waals surface area contributed by atoms with Gasteiger partial charge in [0.25, 0.3) is 0 Å². The van der Waals surface area contributed by atoms with Crippen LogP contribution in [0.15, 0.2) is 51.8 Å². The van der Waals surface area contributed by atoms with Crippen LogP contribution in [0.1, 0.15) is 11.4 Å². The molecule has 0 atom stereocenters. The lowest BCUT2D eigenvalue weighted by Gasteiger charge is -2.02. The number of benzene rings is 1. The van der Waals surface area contributed by atoms with Gasteiger partial charge in [0.2, 0.25) is 0 Å². The molecule has 0 saturated heterocycles. The van der Waals surface area contributed by atoms with Gasteiger partial charge in [-0.1, -0.05) is 22.0 Å². The molecule has 1 aromatic carbocycles. The van der Waals surface area contributed by atoms with Crippen molar-refractivity contribution in [1.82, 2.24) is 4.98 Å². The molecular weight excluding hydrogens is 282 g/mol. The van der Waals surface area contributed by atoms with Crippen molar-refractivity contribution in [3.63, 3.8) is 0 Å². The van der Waals surface area contributed by atoms with Crippen LogP contribution < -0.4 is 0 Å². The Morgan fingerprint density at radius 1 is 1.12 bits per heavy atom. The molecule has 1 nitrogen and oxygen atoms in total. The molecule has 0 aliphatic carbocycles. The summed E-state index contributed by atoms with van der Waals surface area (Å²) < 4.78 is 1.12. The molecule has 1 heterocycles. The number of pyridine rings is 1. The molecule has 0 unspecified atom stereocenters. The van der Waals surface area contributed by atoms with E-state index < -0.39 is 0 Å². The van der Waals surface area contributed by atoms with Gasteiger partial charge in [-0.2, -0.15) is 0 Å². The van der Waals surface area contributed by atoms with E-state index in [-0.39, 0.29) is 0 Å². The first-order valence-electron chi connectivity index (χ1n) is 5.05. The highest BCUT2D eigenvalue weighted by Gasteiger charge is 1.97. The summed E-state index contributed by atoms with van der Waals surface area (Å²) in [5, 5.41) is 0.